The maximum Gasteiger partial charge on any atom is 0.303 e. The maximum absolute atomic E-state index is 13.5. The van der Waals surface area contributed by atoms with Gasteiger partial charge in [-0.05, 0) is 78.3 Å². The third-order valence-electron chi connectivity index (χ3n) is 5.79. The molecular weight excluding hydrogens is 481 g/mol. The fraction of sp³-hybridized carbons (Fsp3) is 0.310. The Kier molecular flexibility index (Phi) is 9.48. The van der Waals surface area contributed by atoms with Crippen LogP contribution in [0.3, 0.4) is 0 Å². The Bertz CT molecular complexity index is 1210. The monoisotopic (exact) mass is 511 g/mol. The number of aryl methyl sites for hydroxylation is 2. The number of benzene rings is 3. The van der Waals surface area contributed by atoms with E-state index in [1.54, 1.807) is 30.3 Å². The van der Waals surface area contributed by atoms with E-state index in [1.165, 1.54) is 12.1 Å². The molecule has 0 aliphatic heterocycles. The number of carboxylic acid groups (broad SMARTS) is 1. The average Bonchev–Trinajstić information content (AvgIpc) is 2.83. The van der Waals surface area contributed by atoms with E-state index in [0.29, 0.717) is 28.3 Å². The minimum Gasteiger partial charge on any atom is -0.487 e. The number of nitrogens with one attached hydrogen (secondary N) is 1. The number of hydrogen-bond donors (Lipinski definition) is 2. The van der Waals surface area contributed by atoms with Crippen LogP contribution >= 0.6 is 11.6 Å². The molecule has 0 radical (unpaired) electrons. The quantitative estimate of drug-likeness (QED) is 0.293. The van der Waals surface area contributed by atoms with Gasteiger partial charge in [0, 0.05) is 12.0 Å². The molecule has 0 aliphatic carbocycles. The number of carbonyl (C=O) groups is 2. The van der Waals surface area contributed by atoms with Crippen molar-refractivity contribution in [3.63, 3.8) is 0 Å². The summed E-state index contributed by atoms with van der Waals surface area (Å²) in [6, 6.07) is 16.6. The predicted octanol–water partition coefficient (Wildman–Crippen LogP) is 6.90. The molecule has 0 aliphatic rings. The van der Waals surface area contributed by atoms with Gasteiger partial charge in [0.1, 0.15) is 18.2 Å². The minimum atomic E-state index is -0.938. The second kappa shape index (κ2) is 12.5. The van der Waals surface area contributed by atoms with E-state index in [4.69, 9.17) is 21.4 Å². The molecule has 0 heterocycles. The van der Waals surface area contributed by atoms with E-state index in [2.05, 4.69) is 19.2 Å². The van der Waals surface area contributed by atoms with Crippen molar-refractivity contribution in [3.05, 3.63) is 99.3 Å². The van der Waals surface area contributed by atoms with Gasteiger partial charge < -0.3 is 15.2 Å². The molecule has 0 bridgehead atoms. The van der Waals surface area contributed by atoms with Gasteiger partial charge >= 0.3 is 5.97 Å². The van der Waals surface area contributed by atoms with Crippen molar-refractivity contribution < 1.29 is 23.8 Å². The van der Waals surface area contributed by atoms with Crippen LogP contribution in [0.2, 0.25) is 5.02 Å². The van der Waals surface area contributed by atoms with Crippen molar-refractivity contribution in [2.45, 2.75) is 52.7 Å². The number of aliphatic carboxylic acids is 1. The van der Waals surface area contributed by atoms with Gasteiger partial charge in [0.15, 0.2) is 0 Å². The van der Waals surface area contributed by atoms with Crippen molar-refractivity contribution in [1.82, 2.24) is 5.32 Å². The van der Waals surface area contributed by atoms with E-state index in [9.17, 15) is 14.0 Å². The molecule has 7 heteroatoms. The molecule has 0 fully saturated rings. The normalized spacial score (nSPS) is 11.8. The van der Waals surface area contributed by atoms with Crippen LogP contribution in [0.5, 0.6) is 5.75 Å². The van der Waals surface area contributed by atoms with Crippen LogP contribution in [0, 0.1) is 18.7 Å². The Labute approximate surface area is 216 Å². The van der Waals surface area contributed by atoms with Crippen LogP contribution in [-0.2, 0) is 17.8 Å². The van der Waals surface area contributed by atoms with Crippen LogP contribution in [0.15, 0.2) is 60.7 Å². The number of ether oxygens (including phenoxy) is 1. The van der Waals surface area contributed by atoms with E-state index in [1.807, 2.05) is 25.1 Å². The molecule has 2 N–H and O–H groups in total. The van der Waals surface area contributed by atoms with Gasteiger partial charge in [-0.25, -0.2) is 4.39 Å². The lowest BCUT2D eigenvalue weighted by atomic mass is 9.95. The number of carbonyl (C=O) groups excluding carboxylic acids is 1. The first kappa shape index (κ1) is 27.2. The third-order valence-corrected chi connectivity index (χ3v) is 6.11. The molecule has 0 spiro atoms. The molecule has 190 valence electrons. The summed E-state index contributed by atoms with van der Waals surface area (Å²) < 4.78 is 19.4. The van der Waals surface area contributed by atoms with Crippen LogP contribution in [0.4, 0.5) is 4.39 Å². The standard InChI is InChI=1S/C29H31ClFNO4/c1-18(2)14-26(22-7-10-23(31)11-8-22)32-29(35)24-16-20(5-6-21(24)9-13-28(33)34)17-36-27-15-19(3)4-12-25(27)30/h4-8,10-12,15-16,18,26H,9,13-14,17H2,1-3H3,(H,32,35)(H,33,34). The highest BCUT2D eigenvalue weighted by atomic mass is 35.5. The second-order valence-electron chi connectivity index (χ2n) is 9.31. The molecular formula is C29H31ClFNO4. The molecule has 1 atom stereocenters. The zero-order valence-corrected chi connectivity index (χ0v) is 21.4. The Hall–Kier alpha value is -3.38. The SMILES string of the molecule is Cc1ccc(Cl)c(OCc2ccc(CCC(=O)O)c(C(=O)NC(CC(C)C)c3ccc(F)cc3)c2)c1. The number of halogens is 2. The van der Waals surface area contributed by atoms with E-state index >= 15 is 0 Å². The van der Waals surface area contributed by atoms with Gasteiger partial charge in [-0.1, -0.05) is 55.8 Å². The highest BCUT2D eigenvalue weighted by Crippen LogP contribution is 2.27. The summed E-state index contributed by atoms with van der Waals surface area (Å²) in [6.07, 6.45) is 0.785. The maximum atomic E-state index is 13.5. The summed E-state index contributed by atoms with van der Waals surface area (Å²) >= 11 is 6.24. The summed E-state index contributed by atoms with van der Waals surface area (Å²) in [5.41, 5.74) is 3.59. The molecule has 1 amide bonds. The Morgan fingerprint density at radius 1 is 1.06 bits per heavy atom. The lowest BCUT2D eigenvalue weighted by Crippen LogP contribution is -2.30. The van der Waals surface area contributed by atoms with Crippen LogP contribution in [0.1, 0.15) is 65.3 Å². The summed E-state index contributed by atoms with van der Waals surface area (Å²) in [5, 5.41) is 12.7. The topological polar surface area (TPSA) is 75.6 Å². The van der Waals surface area contributed by atoms with Gasteiger partial charge in [0.05, 0.1) is 11.1 Å². The van der Waals surface area contributed by atoms with E-state index in [-0.39, 0.29) is 43.1 Å². The molecule has 3 aromatic rings. The van der Waals surface area contributed by atoms with Crippen molar-refractivity contribution in [3.8, 4) is 5.75 Å². The summed E-state index contributed by atoms with van der Waals surface area (Å²) in [6.45, 7) is 6.23. The Morgan fingerprint density at radius 3 is 2.44 bits per heavy atom. The van der Waals surface area contributed by atoms with E-state index < -0.39 is 5.97 Å². The van der Waals surface area contributed by atoms with Crippen molar-refractivity contribution in [2.24, 2.45) is 5.92 Å². The van der Waals surface area contributed by atoms with Gasteiger partial charge in [0.25, 0.3) is 5.91 Å². The molecule has 1 unspecified atom stereocenters. The Morgan fingerprint density at radius 2 is 1.78 bits per heavy atom. The molecule has 5 nitrogen and oxygen atoms in total. The van der Waals surface area contributed by atoms with Crippen LogP contribution in [0.25, 0.3) is 0 Å². The van der Waals surface area contributed by atoms with Crippen molar-refractivity contribution in [1.29, 1.82) is 0 Å². The largest absolute Gasteiger partial charge is 0.487 e. The van der Waals surface area contributed by atoms with Gasteiger partial charge in [-0.3, -0.25) is 9.59 Å². The average molecular weight is 512 g/mol. The smallest absolute Gasteiger partial charge is 0.303 e. The predicted molar refractivity (Wildman–Crippen MR) is 139 cm³/mol. The fourth-order valence-corrected chi connectivity index (χ4v) is 4.12. The minimum absolute atomic E-state index is 0.0948. The first-order chi connectivity index (χ1) is 17.1. The van der Waals surface area contributed by atoms with E-state index in [0.717, 1.165) is 16.7 Å². The van der Waals surface area contributed by atoms with Gasteiger partial charge in [-0.15, -0.1) is 0 Å². The number of carboxylic acids is 1. The third kappa shape index (κ3) is 7.82. The highest BCUT2D eigenvalue weighted by molar-refractivity contribution is 6.32. The summed E-state index contributed by atoms with van der Waals surface area (Å²) in [5.74, 6) is -0.769. The molecule has 3 aromatic carbocycles. The van der Waals surface area contributed by atoms with Crippen molar-refractivity contribution >= 4 is 23.5 Å². The van der Waals surface area contributed by atoms with Crippen LogP contribution in [-0.4, -0.2) is 17.0 Å². The first-order valence-electron chi connectivity index (χ1n) is 11.9. The first-order valence-corrected chi connectivity index (χ1v) is 12.3. The summed E-state index contributed by atoms with van der Waals surface area (Å²) in [7, 11) is 0. The highest BCUT2D eigenvalue weighted by Gasteiger charge is 2.20. The lowest BCUT2D eigenvalue weighted by molar-refractivity contribution is -0.136. The van der Waals surface area contributed by atoms with Gasteiger partial charge in [-0.2, -0.15) is 0 Å². The fourth-order valence-electron chi connectivity index (χ4n) is 3.95. The number of amides is 1. The number of hydrogen-bond acceptors (Lipinski definition) is 3. The molecule has 0 aromatic heterocycles. The lowest BCUT2D eigenvalue weighted by Gasteiger charge is -2.22. The molecule has 36 heavy (non-hydrogen) atoms. The molecule has 3 rings (SSSR count). The number of rotatable bonds is 11. The summed E-state index contributed by atoms with van der Waals surface area (Å²) in [4.78, 5) is 24.7. The molecule has 0 saturated heterocycles. The Balaban J connectivity index is 1.87. The van der Waals surface area contributed by atoms with Gasteiger partial charge in [0.2, 0.25) is 0 Å². The van der Waals surface area contributed by atoms with Crippen molar-refractivity contribution in [2.75, 3.05) is 0 Å². The second-order valence-corrected chi connectivity index (χ2v) is 9.72. The zero-order valence-electron chi connectivity index (χ0n) is 20.7. The molecule has 0 saturated carbocycles. The van der Waals surface area contributed by atoms with Crippen LogP contribution < -0.4 is 10.1 Å². The zero-order chi connectivity index (χ0) is 26.2.